The monoisotopic (exact) mass is 450 g/mol. The van der Waals surface area contributed by atoms with Crippen molar-refractivity contribution in [2.75, 3.05) is 12.4 Å². The third-order valence-corrected chi connectivity index (χ3v) is 5.60. The number of rotatable bonds is 5. The number of ether oxygens (including phenoxy) is 1. The van der Waals surface area contributed by atoms with Crippen molar-refractivity contribution in [2.24, 2.45) is 7.05 Å². The Morgan fingerprint density at radius 2 is 1.88 bits per heavy atom. The van der Waals surface area contributed by atoms with Gasteiger partial charge in [0.1, 0.15) is 17.8 Å². The number of amides is 1. The number of hydrogen-bond acceptors (Lipinski definition) is 6. The molecule has 0 atom stereocenters. The van der Waals surface area contributed by atoms with Gasteiger partial charge in [-0.25, -0.2) is 9.97 Å². The van der Waals surface area contributed by atoms with Crippen LogP contribution in [0.2, 0.25) is 0 Å². The summed E-state index contributed by atoms with van der Waals surface area (Å²) >= 11 is 0. The number of benzene rings is 2. The molecule has 0 saturated heterocycles. The van der Waals surface area contributed by atoms with Gasteiger partial charge in [-0.05, 0) is 24.6 Å². The van der Waals surface area contributed by atoms with E-state index in [9.17, 15) is 4.79 Å². The van der Waals surface area contributed by atoms with Crippen LogP contribution in [0.4, 0.5) is 5.69 Å². The SMILES string of the molecule is COc1cc2ncnc(-c3cn(C)nc3-c3ccccc3)c2cc1NC(=O)c1ccncc1C. The van der Waals surface area contributed by atoms with Gasteiger partial charge in [0.05, 0.1) is 24.0 Å². The fraction of sp³-hybridized carbons (Fsp3) is 0.115. The van der Waals surface area contributed by atoms with Crippen molar-refractivity contribution in [3.63, 3.8) is 0 Å². The predicted molar refractivity (Wildman–Crippen MR) is 131 cm³/mol. The normalized spacial score (nSPS) is 10.9. The van der Waals surface area contributed by atoms with E-state index >= 15 is 0 Å². The Labute approximate surface area is 196 Å². The molecule has 0 unspecified atom stereocenters. The van der Waals surface area contributed by atoms with Crippen molar-refractivity contribution in [2.45, 2.75) is 6.92 Å². The van der Waals surface area contributed by atoms with Gasteiger partial charge >= 0.3 is 0 Å². The summed E-state index contributed by atoms with van der Waals surface area (Å²) in [4.78, 5) is 26.1. The molecule has 1 amide bonds. The quantitative estimate of drug-likeness (QED) is 0.418. The topological polar surface area (TPSA) is 94.8 Å². The molecule has 0 radical (unpaired) electrons. The van der Waals surface area contributed by atoms with Gasteiger partial charge in [0.2, 0.25) is 0 Å². The zero-order valence-electron chi connectivity index (χ0n) is 19.0. The van der Waals surface area contributed by atoms with E-state index in [4.69, 9.17) is 4.74 Å². The van der Waals surface area contributed by atoms with Crippen LogP contribution in [0.5, 0.6) is 5.75 Å². The second-order valence-corrected chi connectivity index (χ2v) is 7.87. The molecule has 0 bridgehead atoms. The highest BCUT2D eigenvalue weighted by Gasteiger charge is 2.19. The maximum atomic E-state index is 13.0. The van der Waals surface area contributed by atoms with Gasteiger partial charge in [-0.2, -0.15) is 5.10 Å². The number of nitrogens with zero attached hydrogens (tertiary/aromatic N) is 5. The number of nitrogens with one attached hydrogen (secondary N) is 1. The molecule has 8 heteroatoms. The first-order valence-electron chi connectivity index (χ1n) is 10.7. The Bertz CT molecular complexity index is 1510. The highest BCUT2D eigenvalue weighted by atomic mass is 16.5. The number of aryl methyl sites for hydroxylation is 2. The first-order chi connectivity index (χ1) is 16.5. The van der Waals surface area contributed by atoms with Crippen LogP contribution < -0.4 is 10.1 Å². The third-order valence-electron chi connectivity index (χ3n) is 5.60. The number of aromatic nitrogens is 5. The molecule has 1 N–H and O–H groups in total. The lowest BCUT2D eigenvalue weighted by molar-refractivity contribution is 0.102. The van der Waals surface area contributed by atoms with Crippen LogP contribution in [0.25, 0.3) is 33.4 Å². The number of carbonyl (C=O) groups is 1. The molecule has 8 nitrogen and oxygen atoms in total. The lowest BCUT2D eigenvalue weighted by atomic mass is 10.0. The number of anilines is 1. The van der Waals surface area contributed by atoms with Crippen LogP contribution in [0, 0.1) is 6.92 Å². The Morgan fingerprint density at radius 1 is 1.06 bits per heavy atom. The summed E-state index contributed by atoms with van der Waals surface area (Å²) in [5.74, 6) is 0.258. The number of carbonyl (C=O) groups excluding carboxylic acids is 1. The van der Waals surface area contributed by atoms with Crippen molar-refractivity contribution in [1.29, 1.82) is 0 Å². The van der Waals surface area contributed by atoms with Crippen LogP contribution in [0.1, 0.15) is 15.9 Å². The van der Waals surface area contributed by atoms with Crippen molar-refractivity contribution < 1.29 is 9.53 Å². The van der Waals surface area contributed by atoms with E-state index in [1.54, 1.807) is 36.3 Å². The largest absolute Gasteiger partial charge is 0.494 e. The van der Waals surface area contributed by atoms with Gasteiger partial charge in [0.25, 0.3) is 5.91 Å². The lowest BCUT2D eigenvalue weighted by Crippen LogP contribution is -2.14. The zero-order chi connectivity index (χ0) is 23.7. The fourth-order valence-electron chi connectivity index (χ4n) is 3.95. The summed E-state index contributed by atoms with van der Waals surface area (Å²) in [6.07, 6.45) is 6.72. The number of pyridine rings is 1. The molecule has 34 heavy (non-hydrogen) atoms. The van der Waals surface area contributed by atoms with Gasteiger partial charge in [-0.15, -0.1) is 0 Å². The van der Waals surface area contributed by atoms with E-state index in [2.05, 4.69) is 25.4 Å². The van der Waals surface area contributed by atoms with E-state index in [0.29, 0.717) is 22.5 Å². The summed E-state index contributed by atoms with van der Waals surface area (Å²) in [6.45, 7) is 1.85. The maximum Gasteiger partial charge on any atom is 0.256 e. The minimum Gasteiger partial charge on any atom is -0.494 e. The van der Waals surface area contributed by atoms with E-state index < -0.39 is 0 Å². The summed E-state index contributed by atoms with van der Waals surface area (Å²) in [5.41, 5.74) is 5.94. The van der Waals surface area contributed by atoms with E-state index in [1.807, 2.05) is 56.6 Å². The molecule has 0 aliphatic heterocycles. The van der Waals surface area contributed by atoms with Crippen molar-refractivity contribution in [3.05, 3.63) is 84.6 Å². The second-order valence-electron chi connectivity index (χ2n) is 7.87. The molecule has 2 aromatic carbocycles. The van der Waals surface area contributed by atoms with Crippen LogP contribution >= 0.6 is 0 Å². The number of methoxy groups -OCH3 is 1. The molecule has 5 aromatic rings. The van der Waals surface area contributed by atoms with Gasteiger partial charge in [0, 0.05) is 53.8 Å². The molecule has 5 rings (SSSR count). The average molecular weight is 451 g/mol. The molecule has 0 aliphatic carbocycles. The second kappa shape index (κ2) is 8.74. The third kappa shape index (κ3) is 3.86. The lowest BCUT2D eigenvalue weighted by Gasteiger charge is -2.14. The van der Waals surface area contributed by atoms with E-state index in [0.717, 1.165) is 33.5 Å². The Balaban J connectivity index is 1.65. The van der Waals surface area contributed by atoms with Crippen molar-refractivity contribution >= 4 is 22.5 Å². The standard InChI is InChI=1S/C26H22N6O2/c1-16-13-27-10-9-18(16)26(33)30-22-11-19-21(12-23(22)34-3)28-15-29-25(19)20-14-32(2)31-24(20)17-7-5-4-6-8-17/h4-15H,1-3H3,(H,30,33). The molecular weight excluding hydrogens is 428 g/mol. The van der Waals surface area contributed by atoms with E-state index in [-0.39, 0.29) is 5.91 Å². The Kier molecular flexibility index (Phi) is 5.47. The summed E-state index contributed by atoms with van der Waals surface area (Å²) < 4.78 is 7.33. The minimum atomic E-state index is -0.248. The number of fused-ring (bicyclic) bond motifs is 1. The first-order valence-corrected chi connectivity index (χ1v) is 10.7. The maximum absolute atomic E-state index is 13.0. The molecule has 0 fully saturated rings. The molecule has 0 aliphatic rings. The summed E-state index contributed by atoms with van der Waals surface area (Å²) in [7, 11) is 3.44. The van der Waals surface area contributed by atoms with Gasteiger partial charge in [-0.1, -0.05) is 30.3 Å². The van der Waals surface area contributed by atoms with Crippen LogP contribution in [0.15, 0.2) is 73.4 Å². The van der Waals surface area contributed by atoms with Crippen LogP contribution in [0.3, 0.4) is 0 Å². The van der Waals surface area contributed by atoms with Gasteiger partial charge in [0.15, 0.2) is 0 Å². The fourth-order valence-corrected chi connectivity index (χ4v) is 3.95. The Morgan fingerprint density at radius 3 is 2.65 bits per heavy atom. The smallest absolute Gasteiger partial charge is 0.256 e. The Hall–Kier alpha value is -4.59. The summed E-state index contributed by atoms with van der Waals surface area (Å²) in [6, 6.07) is 15.3. The molecule has 3 aromatic heterocycles. The highest BCUT2D eigenvalue weighted by molar-refractivity contribution is 6.08. The van der Waals surface area contributed by atoms with E-state index in [1.165, 1.54) is 6.33 Å². The highest BCUT2D eigenvalue weighted by Crippen LogP contribution is 2.37. The molecule has 0 spiro atoms. The molecular formula is C26H22N6O2. The predicted octanol–water partition coefficient (Wildman–Crippen LogP) is 4.66. The molecule has 3 heterocycles. The average Bonchev–Trinajstić information content (AvgIpc) is 3.25. The number of hydrogen-bond donors (Lipinski definition) is 1. The van der Waals surface area contributed by atoms with Crippen LogP contribution in [-0.2, 0) is 7.05 Å². The minimum absolute atomic E-state index is 0.248. The van der Waals surface area contributed by atoms with Crippen LogP contribution in [-0.4, -0.2) is 37.7 Å². The summed E-state index contributed by atoms with van der Waals surface area (Å²) in [5, 5.41) is 8.42. The van der Waals surface area contributed by atoms with Crippen molar-refractivity contribution in [1.82, 2.24) is 24.7 Å². The first kappa shape index (κ1) is 21.3. The van der Waals surface area contributed by atoms with Gasteiger partial charge < -0.3 is 10.1 Å². The van der Waals surface area contributed by atoms with Gasteiger partial charge in [-0.3, -0.25) is 14.5 Å². The molecule has 0 saturated carbocycles. The van der Waals surface area contributed by atoms with Crippen molar-refractivity contribution in [3.8, 4) is 28.3 Å². The zero-order valence-corrected chi connectivity index (χ0v) is 19.0. The molecule has 168 valence electrons.